The van der Waals surface area contributed by atoms with E-state index in [1.54, 1.807) is 0 Å². The minimum Gasteiger partial charge on any atom is -0.477 e. The Morgan fingerprint density at radius 3 is 2.50 bits per heavy atom. The molecule has 16 heavy (non-hydrogen) atoms. The zero-order valence-electron chi connectivity index (χ0n) is 7.91. The molecule has 1 aromatic heterocycles. The van der Waals surface area contributed by atoms with Crippen LogP contribution in [0.2, 0.25) is 0 Å². The maximum Gasteiger partial charge on any atom is 0.342 e. The van der Waals surface area contributed by atoms with Crippen molar-refractivity contribution >= 4 is 28.3 Å². The Morgan fingerprint density at radius 1 is 1.56 bits per heavy atom. The highest BCUT2D eigenvalue weighted by Gasteiger charge is 2.29. The lowest BCUT2D eigenvalue weighted by molar-refractivity contribution is -0.105. The molecule has 1 heterocycles. The molecule has 1 aromatic rings. The van der Waals surface area contributed by atoms with Gasteiger partial charge >= 0.3 is 16.1 Å². The van der Waals surface area contributed by atoms with Gasteiger partial charge in [-0.2, -0.15) is 13.5 Å². The third kappa shape index (κ3) is 2.01. The maximum absolute atomic E-state index is 10.8. The summed E-state index contributed by atoms with van der Waals surface area (Å²) in [5.74, 6) is -1.97. The molecule has 0 unspecified atom stereocenters. The third-order valence-electron chi connectivity index (χ3n) is 1.67. The number of carboxylic acid groups (broad SMARTS) is 1. The van der Waals surface area contributed by atoms with Crippen molar-refractivity contribution in [2.45, 2.75) is 5.03 Å². The molecule has 1 amide bonds. The number of carbonyl (C=O) groups excluding carboxylic acids is 1. The summed E-state index contributed by atoms with van der Waals surface area (Å²) < 4.78 is 31.2. The van der Waals surface area contributed by atoms with Gasteiger partial charge in [0, 0.05) is 7.05 Å². The van der Waals surface area contributed by atoms with E-state index in [0.717, 1.165) is 4.68 Å². The summed E-state index contributed by atoms with van der Waals surface area (Å²) in [4.78, 5) is 21.0. The summed E-state index contributed by atoms with van der Waals surface area (Å²) in [5.41, 5.74) is -0.794. The van der Waals surface area contributed by atoms with Gasteiger partial charge in [-0.25, -0.2) is 4.79 Å². The highest BCUT2D eigenvalue weighted by molar-refractivity contribution is 7.85. The number of aryl methyl sites for hydroxylation is 1. The Labute approximate surface area is 89.4 Å². The number of carboxylic acids is 1. The van der Waals surface area contributed by atoms with Gasteiger partial charge in [0.2, 0.25) is 11.4 Å². The van der Waals surface area contributed by atoms with Crippen LogP contribution in [0.1, 0.15) is 10.4 Å². The predicted molar refractivity (Wildman–Crippen MR) is 49.7 cm³/mol. The largest absolute Gasteiger partial charge is 0.477 e. The van der Waals surface area contributed by atoms with Crippen LogP contribution in [0.4, 0.5) is 5.82 Å². The number of hydrogen-bond acceptors (Lipinski definition) is 5. The van der Waals surface area contributed by atoms with Crippen molar-refractivity contribution in [2.24, 2.45) is 7.05 Å². The average molecular weight is 249 g/mol. The predicted octanol–water partition coefficient (Wildman–Crippen LogP) is -1.07. The lowest BCUT2D eigenvalue weighted by atomic mass is 10.3. The molecule has 0 aliphatic carbocycles. The summed E-state index contributed by atoms with van der Waals surface area (Å²) in [6.07, 6.45) is 0.164. The molecule has 9 nitrogen and oxygen atoms in total. The second-order valence-corrected chi connectivity index (χ2v) is 4.03. The fourth-order valence-corrected chi connectivity index (χ4v) is 1.76. The van der Waals surface area contributed by atoms with E-state index in [1.807, 2.05) is 5.32 Å². The van der Waals surface area contributed by atoms with Crippen LogP contribution in [-0.4, -0.2) is 40.2 Å². The molecule has 1 rings (SSSR count). The first-order valence-electron chi connectivity index (χ1n) is 3.77. The van der Waals surface area contributed by atoms with Gasteiger partial charge in [-0.05, 0) is 0 Å². The molecule has 0 bridgehead atoms. The van der Waals surface area contributed by atoms with Crippen LogP contribution in [0.25, 0.3) is 0 Å². The number of nitrogens with one attached hydrogen (secondary N) is 1. The Bertz CT molecular complexity index is 545. The highest BCUT2D eigenvalue weighted by atomic mass is 32.2. The lowest BCUT2D eigenvalue weighted by Crippen LogP contribution is -2.09. The van der Waals surface area contributed by atoms with E-state index in [-0.39, 0.29) is 12.2 Å². The van der Waals surface area contributed by atoms with Crippen molar-refractivity contribution in [3.8, 4) is 0 Å². The van der Waals surface area contributed by atoms with Crippen LogP contribution < -0.4 is 5.32 Å². The van der Waals surface area contributed by atoms with E-state index in [2.05, 4.69) is 5.10 Å². The minimum absolute atomic E-state index is 0.164. The van der Waals surface area contributed by atoms with Crippen LogP contribution in [0.3, 0.4) is 0 Å². The molecule has 0 fully saturated rings. The second-order valence-electron chi connectivity index (χ2n) is 2.69. The molecule has 0 atom stereocenters. The molecule has 0 aliphatic rings. The van der Waals surface area contributed by atoms with E-state index in [4.69, 9.17) is 9.66 Å². The third-order valence-corrected chi connectivity index (χ3v) is 2.44. The molecule has 0 aromatic carbocycles. The van der Waals surface area contributed by atoms with E-state index >= 15 is 0 Å². The number of amides is 1. The summed E-state index contributed by atoms with van der Waals surface area (Å²) in [5, 5.41) is 13.0. The van der Waals surface area contributed by atoms with Crippen LogP contribution in [0.15, 0.2) is 5.03 Å². The smallest absolute Gasteiger partial charge is 0.342 e. The number of carbonyl (C=O) groups is 2. The normalized spacial score (nSPS) is 11.1. The van der Waals surface area contributed by atoms with Gasteiger partial charge in [0.05, 0.1) is 0 Å². The molecule has 0 radical (unpaired) electrons. The molecule has 10 heteroatoms. The van der Waals surface area contributed by atoms with Crippen molar-refractivity contribution in [1.29, 1.82) is 0 Å². The fraction of sp³-hybridized carbons (Fsp3) is 0.167. The quantitative estimate of drug-likeness (QED) is 0.456. The standard InChI is InChI=1S/C6H7N3O6S/c1-9-4(7-2-10)3(6(11)12)5(8-9)16(13,14)15/h2H,1H3,(H,7,10)(H,11,12)(H,13,14,15). The van der Waals surface area contributed by atoms with E-state index in [1.165, 1.54) is 7.05 Å². The van der Waals surface area contributed by atoms with Crippen LogP contribution in [0.5, 0.6) is 0 Å². The molecule has 0 aliphatic heterocycles. The number of aromatic nitrogens is 2. The first-order chi connectivity index (χ1) is 7.29. The first-order valence-corrected chi connectivity index (χ1v) is 5.21. The summed E-state index contributed by atoms with van der Waals surface area (Å²) >= 11 is 0. The number of nitrogens with zero attached hydrogens (tertiary/aromatic N) is 2. The highest BCUT2D eigenvalue weighted by Crippen LogP contribution is 2.22. The van der Waals surface area contributed by atoms with Crippen molar-refractivity contribution in [2.75, 3.05) is 5.32 Å². The number of hydrogen-bond donors (Lipinski definition) is 3. The van der Waals surface area contributed by atoms with E-state index in [9.17, 15) is 18.0 Å². The lowest BCUT2D eigenvalue weighted by Gasteiger charge is -1.99. The van der Waals surface area contributed by atoms with Gasteiger partial charge in [0.25, 0.3) is 0 Å². The second kappa shape index (κ2) is 3.90. The number of anilines is 1. The van der Waals surface area contributed by atoms with Crippen LogP contribution in [0, 0.1) is 0 Å². The van der Waals surface area contributed by atoms with Crippen molar-refractivity contribution in [1.82, 2.24) is 9.78 Å². The van der Waals surface area contributed by atoms with Gasteiger partial charge < -0.3 is 10.4 Å². The first kappa shape index (κ1) is 12.1. The molecule has 0 spiro atoms. The van der Waals surface area contributed by atoms with Gasteiger partial charge in [-0.3, -0.25) is 14.0 Å². The van der Waals surface area contributed by atoms with Gasteiger partial charge in [-0.15, -0.1) is 0 Å². The van der Waals surface area contributed by atoms with Gasteiger partial charge in [-0.1, -0.05) is 0 Å². The zero-order valence-corrected chi connectivity index (χ0v) is 8.72. The number of aromatic carboxylic acids is 1. The summed E-state index contributed by atoms with van der Waals surface area (Å²) in [7, 11) is -3.55. The Hall–Kier alpha value is -1.94. The Balaban J connectivity index is 3.59. The summed E-state index contributed by atoms with van der Waals surface area (Å²) in [6, 6.07) is 0. The molecule has 0 saturated carbocycles. The Morgan fingerprint density at radius 2 is 2.12 bits per heavy atom. The van der Waals surface area contributed by atoms with Crippen LogP contribution >= 0.6 is 0 Å². The summed E-state index contributed by atoms with van der Waals surface area (Å²) in [6.45, 7) is 0. The maximum atomic E-state index is 10.8. The molecule has 0 saturated heterocycles. The molecule has 88 valence electrons. The van der Waals surface area contributed by atoms with Crippen molar-refractivity contribution < 1.29 is 27.7 Å². The fourth-order valence-electron chi connectivity index (χ4n) is 1.09. The van der Waals surface area contributed by atoms with E-state index < -0.39 is 26.7 Å². The topological polar surface area (TPSA) is 139 Å². The monoisotopic (exact) mass is 249 g/mol. The van der Waals surface area contributed by atoms with Gasteiger partial charge in [0.15, 0.2) is 0 Å². The van der Waals surface area contributed by atoms with E-state index in [0.29, 0.717) is 0 Å². The van der Waals surface area contributed by atoms with Gasteiger partial charge in [0.1, 0.15) is 11.4 Å². The molecule has 3 N–H and O–H groups in total. The minimum atomic E-state index is -4.77. The molecular formula is C6H7N3O6S. The zero-order chi connectivity index (χ0) is 12.5. The van der Waals surface area contributed by atoms with Crippen LogP contribution in [-0.2, 0) is 22.0 Å². The molecular weight excluding hydrogens is 242 g/mol. The number of rotatable bonds is 4. The van der Waals surface area contributed by atoms with Crippen molar-refractivity contribution in [3.05, 3.63) is 5.56 Å². The SMILES string of the molecule is Cn1nc(S(=O)(=O)O)c(C(=O)O)c1NC=O. The van der Waals surface area contributed by atoms with Crippen molar-refractivity contribution in [3.63, 3.8) is 0 Å². The average Bonchev–Trinajstić information content (AvgIpc) is 2.44. The Kier molecular flexibility index (Phi) is 2.96.